The molecule has 2 nitrogen and oxygen atoms in total. The minimum absolute atomic E-state index is 0. The summed E-state index contributed by atoms with van der Waals surface area (Å²) in [6.45, 7) is 5.91. The smallest absolute Gasteiger partial charge is 0.257 e. The van der Waals surface area contributed by atoms with Gasteiger partial charge in [-0.05, 0) is 31.5 Å². The van der Waals surface area contributed by atoms with Gasteiger partial charge in [0.15, 0.2) is 0 Å². The predicted octanol–water partition coefficient (Wildman–Crippen LogP) is 3.22. The maximum atomic E-state index is 12.4. The number of hydrogen-bond donors (Lipinski definition) is 1. The van der Waals surface area contributed by atoms with Crippen molar-refractivity contribution in [2.45, 2.75) is 26.3 Å². The van der Waals surface area contributed by atoms with E-state index >= 15 is 0 Å². The van der Waals surface area contributed by atoms with Crippen LogP contribution in [0.15, 0.2) is 24.3 Å². The summed E-state index contributed by atoms with van der Waals surface area (Å²) in [6, 6.07) is 5.83. The van der Waals surface area contributed by atoms with Crippen LogP contribution in [0.3, 0.4) is 0 Å². The average molecular weight is 265 g/mol. The van der Waals surface area contributed by atoms with Crippen molar-refractivity contribution in [2.75, 3.05) is 18.0 Å². The van der Waals surface area contributed by atoms with Gasteiger partial charge >= 0.3 is 0 Å². The zero-order chi connectivity index (χ0) is 12.1. The minimum Gasteiger partial charge on any atom is -0.372 e. The Balaban J connectivity index is 0.00000256. The fourth-order valence-electron chi connectivity index (χ4n) is 1.64. The normalized spacial score (nSPS) is 12.1. The van der Waals surface area contributed by atoms with Gasteiger partial charge in [-0.15, -0.1) is 12.4 Å². The molecule has 1 rings (SSSR count). The Morgan fingerprint density at radius 1 is 1.12 bits per heavy atom. The van der Waals surface area contributed by atoms with E-state index in [1.54, 1.807) is 12.1 Å². The lowest BCUT2D eigenvalue weighted by molar-refractivity contribution is 0.116. The Kier molecular flexibility index (Phi) is 7.07. The summed E-state index contributed by atoms with van der Waals surface area (Å²) in [4.78, 5) is 2.15. The SMILES string of the molecule is CCN(CC)c1ccc([C@@H](N)C(F)F)cc1.Cl. The maximum absolute atomic E-state index is 12.4. The van der Waals surface area contributed by atoms with Gasteiger partial charge in [-0.1, -0.05) is 12.1 Å². The van der Waals surface area contributed by atoms with E-state index in [0.29, 0.717) is 5.56 Å². The summed E-state index contributed by atoms with van der Waals surface area (Å²) in [6.07, 6.45) is -2.51. The van der Waals surface area contributed by atoms with Crippen molar-refractivity contribution in [1.82, 2.24) is 0 Å². The van der Waals surface area contributed by atoms with Crippen LogP contribution < -0.4 is 10.6 Å². The van der Waals surface area contributed by atoms with E-state index in [1.807, 2.05) is 12.1 Å². The molecule has 98 valence electrons. The van der Waals surface area contributed by atoms with Crippen LogP contribution in [0.25, 0.3) is 0 Å². The number of hydrogen-bond acceptors (Lipinski definition) is 2. The highest BCUT2D eigenvalue weighted by Gasteiger charge is 2.17. The standard InChI is InChI=1S/C12H18F2N2.ClH/c1-3-16(4-2)10-7-5-9(6-8-10)11(15)12(13)14;/h5-8,11-12H,3-4,15H2,1-2H3;1H/t11-;/m1./s1. The minimum atomic E-state index is -2.51. The largest absolute Gasteiger partial charge is 0.372 e. The Morgan fingerprint density at radius 2 is 1.59 bits per heavy atom. The van der Waals surface area contributed by atoms with Gasteiger partial charge in [0.25, 0.3) is 6.43 Å². The number of nitrogens with two attached hydrogens (primary N) is 1. The van der Waals surface area contributed by atoms with Crippen molar-refractivity contribution in [1.29, 1.82) is 0 Å². The Bertz CT molecular complexity index is 292. The summed E-state index contributed by atoms with van der Waals surface area (Å²) in [5.74, 6) is 0. The fourth-order valence-corrected chi connectivity index (χ4v) is 1.64. The topological polar surface area (TPSA) is 29.3 Å². The monoisotopic (exact) mass is 264 g/mol. The predicted molar refractivity (Wildman–Crippen MR) is 70.2 cm³/mol. The van der Waals surface area contributed by atoms with Gasteiger partial charge in [0.2, 0.25) is 0 Å². The molecule has 0 aromatic heterocycles. The van der Waals surface area contributed by atoms with Crippen molar-refractivity contribution in [3.63, 3.8) is 0 Å². The van der Waals surface area contributed by atoms with E-state index in [4.69, 9.17) is 5.73 Å². The third-order valence-corrected chi connectivity index (χ3v) is 2.68. The summed E-state index contributed by atoms with van der Waals surface area (Å²) in [5.41, 5.74) is 6.88. The van der Waals surface area contributed by atoms with E-state index in [0.717, 1.165) is 18.8 Å². The third-order valence-electron chi connectivity index (χ3n) is 2.68. The molecule has 0 aliphatic carbocycles. The van der Waals surface area contributed by atoms with Crippen LogP contribution >= 0.6 is 12.4 Å². The van der Waals surface area contributed by atoms with Crippen LogP contribution in [0.1, 0.15) is 25.5 Å². The first-order chi connectivity index (χ1) is 7.60. The first kappa shape index (κ1) is 16.1. The summed E-state index contributed by atoms with van der Waals surface area (Å²) in [7, 11) is 0. The lowest BCUT2D eigenvalue weighted by atomic mass is 10.1. The lowest BCUT2D eigenvalue weighted by Gasteiger charge is -2.21. The molecule has 0 amide bonds. The highest BCUT2D eigenvalue weighted by molar-refractivity contribution is 5.85. The number of benzene rings is 1. The van der Waals surface area contributed by atoms with Crippen molar-refractivity contribution < 1.29 is 8.78 Å². The van der Waals surface area contributed by atoms with Gasteiger partial charge in [0.05, 0.1) is 6.04 Å². The average Bonchev–Trinajstić information content (AvgIpc) is 2.30. The second-order valence-corrected chi connectivity index (χ2v) is 3.62. The summed E-state index contributed by atoms with van der Waals surface area (Å²) < 4.78 is 24.7. The zero-order valence-corrected chi connectivity index (χ0v) is 10.9. The van der Waals surface area contributed by atoms with E-state index in [-0.39, 0.29) is 12.4 Å². The zero-order valence-electron chi connectivity index (χ0n) is 10.1. The molecule has 0 bridgehead atoms. The molecule has 0 spiro atoms. The second kappa shape index (κ2) is 7.45. The number of anilines is 1. The van der Waals surface area contributed by atoms with Crippen molar-refractivity contribution in [3.05, 3.63) is 29.8 Å². The second-order valence-electron chi connectivity index (χ2n) is 3.62. The molecule has 0 fully saturated rings. The van der Waals surface area contributed by atoms with Crippen molar-refractivity contribution >= 4 is 18.1 Å². The molecule has 0 aliphatic rings. The van der Waals surface area contributed by atoms with Gasteiger partial charge in [0, 0.05) is 18.8 Å². The van der Waals surface area contributed by atoms with E-state index in [2.05, 4.69) is 18.7 Å². The molecule has 1 atom stereocenters. The van der Waals surface area contributed by atoms with Crippen LogP contribution in [-0.4, -0.2) is 19.5 Å². The highest BCUT2D eigenvalue weighted by atomic mass is 35.5. The van der Waals surface area contributed by atoms with Crippen molar-refractivity contribution in [3.8, 4) is 0 Å². The maximum Gasteiger partial charge on any atom is 0.257 e. The van der Waals surface area contributed by atoms with Crippen LogP contribution in [0.2, 0.25) is 0 Å². The van der Waals surface area contributed by atoms with Gasteiger partial charge in [-0.2, -0.15) is 0 Å². The van der Waals surface area contributed by atoms with Crippen LogP contribution in [0.5, 0.6) is 0 Å². The number of rotatable bonds is 5. The quantitative estimate of drug-likeness (QED) is 0.885. The number of nitrogens with zero attached hydrogens (tertiary/aromatic N) is 1. The first-order valence-corrected chi connectivity index (χ1v) is 5.48. The first-order valence-electron chi connectivity index (χ1n) is 5.48. The third kappa shape index (κ3) is 4.13. The van der Waals surface area contributed by atoms with Gasteiger partial charge in [0.1, 0.15) is 0 Å². The van der Waals surface area contributed by atoms with Gasteiger partial charge < -0.3 is 10.6 Å². The highest BCUT2D eigenvalue weighted by Crippen LogP contribution is 2.21. The van der Waals surface area contributed by atoms with Crippen LogP contribution in [0.4, 0.5) is 14.5 Å². The summed E-state index contributed by atoms with van der Waals surface area (Å²) >= 11 is 0. The van der Waals surface area contributed by atoms with Gasteiger partial charge in [-0.25, -0.2) is 8.78 Å². The molecule has 1 aromatic carbocycles. The lowest BCUT2D eigenvalue weighted by Crippen LogP contribution is -2.22. The Hall–Kier alpha value is -0.870. The molecule has 2 N–H and O–H groups in total. The van der Waals surface area contributed by atoms with E-state index in [9.17, 15) is 8.78 Å². The molecular weight excluding hydrogens is 246 g/mol. The molecule has 0 heterocycles. The summed E-state index contributed by atoms with van der Waals surface area (Å²) in [5, 5.41) is 0. The molecule has 0 unspecified atom stereocenters. The molecule has 0 radical (unpaired) electrons. The molecule has 17 heavy (non-hydrogen) atoms. The van der Waals surface area contributed by atoms with Crippen LogP contribution in [-0.2, 0) is 0 Å². The van der Waals surface area contributed by atoms with Crippen molar-refractivity contribution in [2.24, 2.45) is 5.73 Å². The molecule has 0 saturated heterocycles. The number of halogens is 3. The van der Waals surface area contributed by atoms with Crippen LogP contribution in [0, 0.1) is 0 Å². The number of alkyl halides is 2. The molecular formula is C12H19ClF2N2. The molecule has 1 aromatic rings. The van der Waals surface area contributed by atoms with E-state index < -0.39 is 12.5 Å². The molecule has 0 aliphatic heterocycles. The Labute approximate surface area is 107 Å². The van der Waals surface area contributed by atoms with Gasteiger partial charge in [-0.3, -0.25) is 0 Å². The molecule has 0 saturated carbocycles. The van der Waals surface area contributed by atoms with E-state index in [1.165, 1.54) is 0 Å². The fraction of sp³-hybridized carbons (Fsp3) is 0.500. The Morgan fingerprint density at radius 3 is 1.94 bits per heavy atom. The molecule has 5 heteroatoms.